The van der Waals surface area contributed by atoms with Crippen molar-refractivity contribution in [3.05, 3.63) is 41.2 Å². The number of aromatic amines is 1. The summed E-state index contributed by atoms with van der Waals surface area (Å²) in [7, 11) is 0. The fourth-order valence-electron chi connectivity index (χ4n) is 4.54. The zero-order chi connectivity index (χ0) is 20.3. The third-order valence-corrected chi connectivity index (χ3v) is 6.57. The van der Waals surface area contributed by atoms with Gasteiger partial charge in [0.1, 0.15) is 11.5 Å². The molecular formula is C23H28ClN5O. The van der Waals surface area contributed by atoms with Crippen molar-refractivity contribution in [2.45, 2.75) is 31.6 Å². The van der Waals surface area contributed by atoms with Crippen molar-refractivity contribution < 1.29 is 4.74 Å². The second-order valence-corrected chi connectivity index (χ2v) is 8.76. The second-order valence-electron chi connectivity index (χ2n) is 8.36. The summed E-state index contributed by atoms with van der Waals surface area (Å²) < 4.78 is 5.46. The van der Waals surface area contributed by atoms with Crippen LogP contribution in [0.5, 0.6) is 0 Å². The van der Waals surface area contributed by atoms with Crippen LogP contribution in [0, 0.1) is 5.92 Å². The van der Waals surface area contributed by atoms with Gasteiger partial charge < -0.3 is 20.4 Å². The average molecular weight is 426 g/mol. The molecule has 3 N–H and O–H groups in total. The van der Waals surface area contributed by atoms with Crippen LogP contribution in [0.4, 0.5) is 5.82 Å². The van der Waals surface area contributed by atoms with Crippen molar-refractivity contribution in [1.29, 1.82) is 0 Å². The number of nitrogens with one attached hydrogen (secondary N) is 3. The summed E-state index contributed by atoms with van der Waals surface area (Å²) in [5.41, 5.74) is 3.92. The zero-order valence-electron chi connectivity index (χ0n) is 17.1. The zero-order valence-corrected chi connectivity index (χ0v) is 17.8. The normalized spacial score (nSPS) is 20.5. The maximum atomic E-state index is 6.62. The number of halogens is 1. The quantitative estimate of drug-likeness (QED) is 0.557. The van der Waals surface area contributed by atoms with Gasteiger partial charge in [-0.2, -0.15) is 0 Å². The fourth-order valence-corrected chi connectivity index (χ4v) is 4.79. The van der Waals surface area contributed by atoms with Crippen molar-refractivity contribution in [2.24, 2.45) is 5.92 Å². The van der Waals surface area contributed by atoms with Crippen molar-refractivity contribution in [3.8, 4) is 11.3 Å². The summed E-state index contributed by atoms with van der Waals surface area (Å²) in [4.78, 5) is 12.9. The molecule has 2 fully saturated rings. The van der Waals surface area contributed by atoms with Crippen molar-refractivity contribution in [3.63, 3.8) is 0 Å². The number of piperidine rings is 1. The van der Waals surface area contributed by atoms with E-state index in [4.69, 9.17) is 21.3 Å². The van der Waals surface area contributed by atoms with Gasteiger partial charge in [-0.3, -0.25) is 0 Å². The molecule has 3 aromatic heterocycles. The van der Waals surface area contributed by atoms with Gasteiger partial charge in [0.15, 0.2) is 0 Å². The van der Waals surface area contributed by atoms with Crippen LogP contribution in [0.25, 0.3) is 22.3 Å². The minimum atomic E-state index is 0.486. The highest BCUT2D eigenvalue weighted by Gasteiger charge is 2.20. The van der Waals surface area contributed by atoms with E-state index in [0.29, 0.717) is 16.9 Å². The molecule has 30 heavy (non-hydrogen) atoms. The van der Waals surface area contributed by atoms with Crippen LogP contribution in [0.2, 0.25) is 5.02 Å². The molecule has 1 unspecified atom stereocenters. The fraction of sp³-hybridized carbons (Fsp3) is 0.478. The Morgan fingerprint density at radius 1 is 1.20 bits per heavy atom. The van der Waals surface area contributed by atoms with E-state index in [-0.39, 0.29) is 0 Å². The Labute approximate surface area is 181 Å². The monoisotopic (exact) mass is 425 g/mol. The standard InChI is InChI=1S/C23H28ClN5O/c24-18-14-27-23-17(11-20(29-23)16-3-2-8-25-13-16)22(18)19-4-1-5-21(28-19)26-12-15-6-9-30-10-7-15/h1,4-5,11,14-16,25H,2-3,6-10,12-13H2,(H,26,28)(H,27,29). The van der Waals surface area contributed by atoms with E-state index in [1.54, 1.807) is 6.20 Å². The maximum absolute atomic E-state index is 6.62. The molecule has 2 aliphatic heterocycles. The van der Waals surface area contributed by atoms with E-state index < -0.39 is 0 Å². The Bertz CT molecular complexity index is 1010. The van der Waals surface area contributed by atoms with Crippen LogP contribution in [-0.2, 0) is 4.74 Å². The smallest absolute Gasteiger partial charge is 0.138 e. The highest BCUT2D eigenvalue weighted by atomic mass is 35.5. The van der Waals surface area contributed by atoms with Gasteiger partial charge in [-0.1, -0.05) is 17.7 Å². The largest absolute Gasteiger partial charge is 0.381 e. The van der Waals surface area contributed by atoms with E-state index in [1.165, 1.54) is 18.5 Å². The predicted octanol–water partition coefficient (Wildman–Crippen LogP) is 4.58. The van der Waals surface area contributed by atoms with E-state index in [9.17, 15) is 0 Å². The molecule has 0 aromatic carbocycles. The molecule has 5 rings (SSSR count). The summed E-state index contributed by atoms with van der Waals surface area (Å²) in [6.45, 7) is 4.74. The third kappa shape index (κ3) is 4.17. The minimum Gasteiger partial charge on any atom is -0.381 e. The van der Waals surface area contributed by atoms with Crippen molar-refractivity contribution in [1.82, 2.24) is 20.3 Å². The van der Waals surface area contributed by atoms with Gasteiger partial charge in [0.05, 0.1) is 10.7 Å². The molecule has 1 atom stereocenters. The Balaban J connectivity index is 1.43. The molecule has 0 bridgehead atoms. The molecule has 0 spiro atoms. The van der Waals surface area contributed by atoms with Crippen LogP contribution in [0.15, 0.2) is 30.5 Å². The first-order valence-corrected chi connectivity index (χ1v) is 11.3. The Hall–Kier alpha value is -2.15. The minimum absolute atomic E-state index is 0.486. The summed E-state index contributed by atoms with van der Waals surface area (Å²) in [5, 5.41) is 8.66. The first kappa shape index (κ1) is 19.8. The summed E-state index contributed by atoms with van der Waals surface area (Å²) in [5.74, 6) is 2.00. The lowest BCUT2D eigenvalue weighted by atomic mass is 9.96. The van der Waals surface area contributed by atoms with Crippen molar-refractivity contribution >= 4 is 28.5 Å². The first-order valence-electron chi connectivity index (χ1n) is 10.9. The van der Waals surface area contributed by atoms with Gasteiger partial charge in [0.25, 0.3) is 0 Å². The van der Waals surface area contributed by atoms with Gasteiger partial charge >= 0.3 is 0 Å². The Morgan fingerprint density at radius 3 is 2.93 bits per heavy atom. The molecule has 2 saturated heterocycles. The predicted molar refractivity (Wildman–Crippen MR) is 121 cm³/mol. The lowest BCUT2D eigenvalue weighted by molar-refractivity contribution is 0.0699. The number of hydrogen-bond acceptors (Lipinski definition) is 5. The lowest BCUT2D eigenvalue weighted by Crippen LogP contribution is -2.28. The number of nitrogens with zero attached hydrogens (tertiary/aromatic N) is 2. The number of rotatable bonds is 5. The number of H-pyrrole nitrogens is 1. The first-order chi connectivity index (χ1) is 14.8. The van der Waals surface area contributed by atoms with Gasteiger partial charge in [-0.25, -0.2) is 9.97 Å². The van der Waals surface area contributed by atoms with Crippen LogP contribution < -0.4 is 10.6 Å². The maximum Gasteiger partial charge on any atom is 0.138 e. The Morgan fingerprint density at radius 2 is 2.10 bits per heavy atom. The number of ether oxygens (including phenoxy) is 1. The second kappa shape index (κ2) is 8.92. The molecule has 5 heterocycles. The number of pyridine rings is 2. The average Bonchev–Trinajstić information content (AvgIpc) is 3.23. The summed E-state index contributed by atoms with van der Waals surface area (Å²) in [6.07, 6.45) is 6.32. The summed E-state index contributed by atoms with van der Waals surface area (Å²) >= 11 is 6.62. The molecule has 0 amide bonds. The lowest BCUT2D eigenvalue weighted by Gasteiger charge is -2.22. The molecule has 6 nitrogen and oxygen atoms in total. The molecule has 3 aromatic rings. The van der Waals surface area contributed by atoms with Gasteiger partial charge in [0, 0.05) is 55.1 Å². The van der Waals surface area contributed by atoms with Crippen LogP contribution >= 0.6 is 11.6 Å². The van der Waals surface area contributed by atoms with Crippen LogP contribution in [0.1, 0.15) is 37.3 Å². The molecule has 0 radical (unpaired) electrons. The molecule has 7 heteroatoms. The van der Waals surface area contributed by atoms with Crippen LogP contribution in [0.3, 0.4) is 0 Å². The highest BCUT2D eigenvalue weighted by Crippen LogP contribution is 2.36. The van der Waals surface area contributed by atoms with Gasteiger partial charge in [-0.15, -0.1) is 0 Å². The van der Waals surface area contributed by atoms with Crippen molar-refractivity contribution in [2.75, 3.05) is 38.2 Å². The Kier molecular flexibility index (Phi) is 5.88. The number of aromatic nitrogens is 3. The number of anilines is 1. The van der Waals surface area contributed by atoms with E-state index in [1.807, 2.05) is 18.2 Å². The molecule has 0 saturated carbocycles. The number of fused-ring (bicyclic) bond motifs is 1. The topological polar surface area (TPSA) is 74.9 Å². The highest BCUT2D eigenvalue weighted by molar-refractivity contribution is 6.34. The van der Waals surface area contributed by atoms with Crippen LogP contribution in [-0.4, -0.2) is 47.8 Å². The third-order valence-electron chi connectivity index (χ3n) is 6.29. The van der Waals surface area contributed by atoms with E-state index in [2.05, 4.69) is 26.7 Å². The summed E-state index contributed by atoms with van der Waals surface area (Å²) in [6, 6.07) is 8.29. The molecule has 0 aliphatic carbocycles. The molecule has 2 aliphatic rings. The van der Waals surface area contributed by atoms with E-state index >= 15 is 0 Å². The molecular weight excluding hydrogens is 398 g/mol. The van der Waals surface area contributed by atoms with Gasteiger partial charge in [-0.05, 0) is 56.3 Å². The molecule has 158 valence electrons. The SMILES string of the molecule is Clc1cnc2[nH]c(C3CCCNC3)cc2c1-c1cccc(NCC2CCOCC2)n1. The van der Waals surface area contributed by atoms with Gasteiger partial charge in [0.2, 0.25) is 0 Å². The van der Waals surface area contributed by atoms with E-state index in [0.717, 1.165) is 73.8 Å². The number of hydrogen-bond donors (Lipinski definition) is 3.